The first-order valence-electron chi connectivity index (χ1n) is 4.80. The van der Waals surface area contributed by atoms with Crippen LogP contribution < -0.4 is 0 Å². The molecular weight excluding hydrogens is 208 g/mol. The van der Waals surface area contributed by atoms with E-state index in [-0.39, 0.29) is 5.97 Å². The number of carbonyl (C=O) groups excluding carboxylic acids is 1. The predicted molar refractivity (Wildman–Crippen MR) is 57.2 cm³/mol. The van der Waals surface area contributed by atoms with E-state index >= 15 is 0 Å². The molecule has 84 valence electrons. The van der Waals surface area contributed by atoms with E-state index in [1.54, 1.807) is 29.8 Å². The number of rotatable bonds is 3. The molecule has 0 amide bonds. The van der Waals surface area contributed by atoms with E-state index in [4.69, 9.17) is 9.47 Å². The van der Waals surface area contributed by atoms with Crippen LogP contribution >= 0.6 is 0 Å². The predicted octanol–water partition coefficient (Wildman–Crippen LogP) is 1.27. The summed E-state index contributed by atoms with van der Waals surface area (Å²) in [6.07, 6.45) is 1.77. The highest BCUT2D eigenvalue weighted by Gasteiger charge is 2.11. The van der Waals surface area contributed by atoms with Gasteiger partial charge in [0.25, 0.3) is 0 Å². The van der Waals surface area contributed by atoms with Crippen LogP contribution in [-0.4, -0.2) is 29.6 Å². The van der Waals surface area contributed by atoms with Crippen molar-refractivity contribution in [3.63, 3.8) is 0 Å². The van der Waals surface area contributed by atoms with Crippen molar-refractivity contribution in [2.45, 2.75) is 6.61 Å². The number of hydrogen-bond acceptors (Lipinski definition) is 4. The SMILES string of the molecule is COCc1cn2c(C(=O)OC)cccc2n1. The minimum atomic E-state index is -0.382. The monoisotopic (exact) mass is 220 g/mol. The quantitative estimate of drug-likeness (QED) is 0.731. The van der Waals surface area contributed by atoms with Gasteiger partial charge in [0.2, 0.25) is 0 Å². The van der Waals surface area contributed by atoms with Gasteiger partial charge in [0.1, 0.15) is 11.3 Å². The van der Waals surface area contributed by atoms with E-state index in [0.717, 1.165) is 5.69 Å². The Bertz CT molecular complexity index is 519. The maximum atomic E-state index is 11.5. The lowest BCUT2D eigenvalue weighted by Gasteiger charge is -2.01. The lowest BCUT2D eigenvalue weighted by Crippen LogP contribution is -2.06. The van der Waals surface area contributed by atoms with E-state index in [1.807, 2.05) is 6.07 Å². The third-order valence-electron chi connectivity index (χ3n) is 2.23. The van der Waals surface area contributed by atoms with Crippen LogP contribution in [0.3, 0.4) is 0 Å². The Morgan fingerprint density at radius 1 is 1.44 bits per heavy atom. The molecule has 0 N–H and O–H groups in total. The van der Waals surface area contributed by atoms with Crippen LogP contribution in [0.1, 0.15) is 16.2 Å². The summed E-state index contributed by atoms with van der Waals surface area (Å²) in [5, 5.41) is 0. The topological polar surface area (TPSA) is 52.8 Å². The smallest absolute Gasteiger partial charge is 0.355 e. The number of imidazole rings is 1. The summed E-state index contributed by atoms with van der Waals surface area (Å²) in [5.41, 5.74) is 1.93. The lowest BCUT2D eigenvalue weighted by molar-refractivity contribution is 0.0592. The number of methoxy groups -OCH3 is 2. The normalized spacial score (nSPS) is 10.6. The summed E-state index contributed by atoms with van der Waals surface area (Å²) >= 11 is 0. The van der Waals surface area contributed by atoms with E-state index in [1.165, 1.54) is 7.11 Å². The van der Waals surface area contributed by atoms with Crippen LogP contribution in [0, 0.1) is 0 Å². The van der Waals surface area contributed by atoms with Crippen molar-refractivity contribution < 1.29 is 14.3 Å². The number of carbonyl (C=O) groups is 1. The van der Waals surface area contributed by atoms with Crippen LogP contribution in [0.5, 0.6) is 0 Å². The van der Waals surface area contributed by atoms with Gasteiger partial charge >= 0.3 is 5.97 Å². The second-order valence-corrected chi connectivity index (χ2v) is 3.30. The third kappa shape index (κ3) is 1.77. The van der Waals surface area contributed by atoms with Gasteiger partial charge in [-0.2, -0.15) is 0 Å². The van der Waals surface area contributed by atoms with Crippen molar-refractivity contribution in [2.24, 2.45) is 0 Å². The lowest BCUT2D eigenvalue weighted by atomic mass is 10.3. The molecule has 0 atom stereocenters. The molecule has 2 rings (SSSR count). The highest BCUT2D eigenvalue weighted by atomic mass is 16.5. The van der Waals surface area contributed by atoms with Gasteiger partial charge in [-0.05, 0) is 12.1 Å². The maximum Gasteiger partial charge on any atom is 0.355 e. The summed E-state index contributed by atoms with van der Waals surface area (Å²) in [4.78, 5) is 15.8. The molecule has 0 spiro atoms. The number of nitrogens with zero attached hydrogens (tertiary/aromatic N) is 2. The first-order chi connectivity index (χ1) is 7.76. The molecule has 2 heterocycles. The summed E-state index contributed by atoms with van der Waals surface area (Å²) < 4.78 is 11.4. The number of ether oxygens (including phenoxy) is 2. The number of hydrogen-bond donors (Lipinski definition) is 0. The molecule has 0 aliphatic carbocycles. The van der Waals surface area contributed by atoms with Crippen molar-refractivity contribution >= 4 is 11.6 Å². The van der Waals surface area contributed by atoms with Crippen molar-refractivity contribution in [1.82, 2.24) is 9.38 Å². The molecule has 0 bridgehead atoms. The second kappa shape index (κ2) is 4.32. The Hall–Kier alpha value is -1.88. The van der Waals surface area contributed by atoms with Gasteiger partial charge < -0.3 is 9.47 Å². The first kappa shape index (κ1) is 10.6. The third-order valence-corrected chi connectivity index (χ3v) is 2.23. The van der Waals surface area contributed by atoms with E-state index in [0.29, 0.717) is 17.9 Å². The first-order valence-corrected chi connectivity index (χ1v) is 4.80. The molecule has 2 aromatic heterocycles. The molecular formula is C11H12N2O3. The van der Waals surface area contributed by atoms with Crippen LogP contribution in [0.2, 0.25) is 0 Å². The zero-order valence-corrected chi connectivity index (χ0v) is 9.14. The minimum absolute atomic E-state index is 0.382. The molecule has 0 saturated carbocycles. The van der Waals surface area contributed by atoms with Gasteiger partial charge in [-0.15, -0.1) is 0 Å². The largest absolute Gasteiger partial charge is 0.464 e. The fourth-order valence-electron chi connectivity index (χ4n) is 1.55. The Balaban J connectivity index is 2.54. The number of aromatic nitrogens is 2. The Morgan fingerprint density at radius 2 is 2.25 bits per heavy atom. The second-order valence-electron chi connectivity index (χ2n) is 3.30. The van der Waals surface area contributed by atoms with Crippen LogP contribution in [0.25, 0.3) is 5.65 Å². The van der Waals surface area contributed by atoms with Crippen molar-refractivity contribution in [1.29, 1.82) is 0 Å². The Kier molecular flexibility index (Phi) is 2.87. The summed E-state index contributed by atoms with van der Waals surface area (Å²) in [5.74, 6) is -0.382. The molecule has 0 unspecified atom stereocenters. The molecule has 0 fully saturated rings. The molecule has 0 aliphatic rings. The van der Waals surface area contributed by atoms with Crippen LogP contribution in [-0.2, 0) is 16.1 Å². The Labute approximate surface area is 92.6 Å². The summed E-state index contributed by atoms with van der Waals surface area (Å²) in [6.45, 7) is 0.419. The highest BCUT2D eigenvalue weighted by Crippen LogP contribution is 2.10. The molecule has 0 aliphatic heterocycles. The molecule has 16 heavy (non-hydrogen) atoms. The number of esters is 1. The van der Waals surface area contributed by atoms with Gasteiger partial charge in [0.05, 0.1) is 19.4 Å². The van der Waals surface area contributed by atoms with Gasteiger partial charge in [-0.25, -0.2) is 9.78 Å². The van der Waals surface area contributed by atoms with E-state index in [2.05, 4.69) is 4.98 Å². The van der Waals surface area contributed by atoms with Crippen molar-refractivity contribution in [3.8, 4) is 0 Å². The average molecular weight is 220 g/mol. The molecule has 2 aromatic rings. The van der Waals surface area contributed by atoms with Crippen LogP contribution in [0.4, 0.5) is 0 Å². The van der Waals surface area contributed by atoms with E-state index in [9.17, 15) is 4.79 Å². The van der Waals surface area contributed by atoms with Crippen LogP contribution in [0.15, 0.2) is 24.4 Å². The summed E-state index contributed by atoms with van der Waals surface area (Å²) in [6, 6.07) is 5.29. The van der Waals surface area contributed by atoms with Crippen molar-refractivity contribution in [2.75, 3.05) is 14.2 Å². The number of fused-ring (bicyclic) bond motifs is 1. The molecule has 0 radical (unpaired) electrons. The number of pyridine rings is 1. The fourth-order valence-corrected chi connectivity index (χ4v) is 1.55. The zero-order valence-electron chi connectivity index (χ0n) is 9.14. The fraction of sp³-hybridized carbons (Fsp3) is 0.273. The van der Waals surface area contributed by atoms with E-state index < -0.39 is 0 Å². The molecule has 5 heteroatoms. The maximum absolute atomic E-state index is 11.5. The standard InChI is InChI=1S/C11H12N2O3/c1-15-7-8-6-13-9(11(14)16-2)4-3-5-10(13)12-8/h3-6H,7H2,1-2H3. The molecule has 0 saturated heterocycles. The van der Waals surface area contributed by atoms with Gasteiger partial charge in [0, 0.05) is 13.3 Å². The zero-order chi connectivity index (χ0) is 11.5. The average Bonchev–Trinajstić information content (AvgIpc) is 2.70. The van der Waals surface area contributed by atoms with Crippen molar-refractivity contribution in [3.05, 3.63) is 35.8 Å². The van der Waals surface area contributed by atoms with Gasteiger partial charge in [-0.1, -0.05) is 6.07 Å². The highest BCUT2D eigenvalue weighted by molar-refractivity contribution is 5.88. The minimum Gasteiger partial charge on any atom is -0.464 e. The summed E-state index contributed by atoms with van der Waals surface area (Å²) in [7, 11) is 2.96. The Morgan fingerprint density at radius 3 is 2.94 bits per heavy atom. The van der Waals surface area contributed by atoms with Gasteiger partial charge in [0.15, 0.2) is 0 Å². The molecule has 0 aromatic carbocycles. The van der Waals surface area contributed by atoms with Gasteiger partial charge in [-0.3, -0.25) is 4.40 Å². The molecule has 5 nitrogen and oxygen atoms in total.